The molecule has 17 heteroatoms. The number of amides is 1. The van der Waals surface area contributed by atoms with Crippen LogP contribution >= 0.6 is 0 Å². The zero-order valence-electron chi connectivity index (χ0n) is 30.3. The fourth-order valence-electron chi connectivity index (χ4n) is 6.41. The van der Waals surface area contributed by atoms with E-state index >= 15 is 0 Å². The first-order valence-corrected chi connectivity index (χ1v) is 17.8. The molecule has 0 saturated carbocycles. The zero-order chi connectivity index (χ0) is 39.0. The molecule has 1 fully saturated rings. The van der Waals surface area contributed by atoms with Crippen LogP contribution in [0.4, 0.5) is 39.3 Å². The topological polar surface area (TPSA) is 187 Å². The van der Waals surface area contributed by atoms with E-state index < -0.39 is 17.6 Å². The van der Waals surface area contributed by atoms with E-state index in [9.17, 15) is 18.8 Å². The maximum Gasteiger partial charge on any atom is 0.328 e. The van der Waals surface area contributed by atoms with Crippen molar-refractivity contribution >= 4 is 52.5 Å². The van der Waals surface area contributed by atoms with E-state index in [1.807, 2.05) is 24.3 Å². The monoisotopic (exact) mass is 756 g/mol. The number of aromatic amines is 1. The highest BCUT2D eigenvalue weighted by Crippen LogP contribution is 2.28. The van der Waals surface area contributed by atoms with Gasteiger partial charge in [-0.15, -0.1) is 0 Å². The van der Waals surface area contributed by atoms with Crippen molar-refractivity contribution in [2.75, 3.05) is 55.8 Å². The highest BCUT2D eigenvalue weighted by atomic mass is 19.1. The first-order valence-electron chi connectivity index (χ1n) is 17.8. The molecular formula is C39H37FN12O4. The van der Waals surface area contributed by atoms with Gasteiger partial charge in [0.15, 0.2) is 11.4 Å². The van der Waals surface area contributed by atoms with Crippen molar-refractivity contribution in [2.45, 2.75) is 25.4 Å². The van der Waals surface area contributed by atoms with Crippen molar-refractivity contribution in [2.24, 2.45) is 4.99 Å². The summed E-state index contributed by atoms with van der Waals surface area (Å²) in [5.74, 6) is -0.765. The number of ether oxygens (including phenoxy) is 1. The first kappa shape index (κ1) is 37.3. The number of hydrogen-bond donors (Lipinski definition) is 4. The third-order valence-corrected chi connectivity index (χ3v) is 9.26. The minimum absolute atomic E-state index is 0.105. The molecule has 5 aromatic rings. The number of esters is 1. The third-order valence-electron chi connectivity index (χ3n) is 9.26. The van der Waals surface area contributed by atoms with E-state index in [1.165, 1.54) is 31.6 Å². The summed E-state index contributed by atoms with van der Waals surface area (Å²) in [4.78, 5) is 70.0. The fraction of sp³-hybridized carbons (Fsp3) is 0.256. The van der Waals surface area contributed by atoms with Crippen LogP contribution in [-0.2, 0) is 28.9 Å². The first-order chi connectivity index (χ1) is 27.2. The molecule has 284 valence electrons. The Morgan fingerprint density at radius 3 is 2.54 bits per heavy atom. The van der Waals surface area contributed by atoms with Crippen molar-refractivity contribution in [3.8, 4) is 0 Å². The predicted molar refractivity (Wildman–Crippen MR) is 207 cm³/mol. The summed E-state index contributed by atoms with van der Waals surface area (Å²) < 4.78 is 18.9. The second kappa shape index (κ2) is 17.0. The number of anilines is 4. The molecule has 1 saturated heterocycles. The van der Waals surface area contributed by atoms with Gasteiger partial charge in [0, 0.05) is 69.4 Å². The van der Waals surface area contributed by atoms with E-state index in [0.717, 1.165) is 22.4 Å². The van der Waals surface area contributed by atoms with Crippen LogP contribution in [0, 0.1) is 12.4 Å². The number of carbonyl (C=O) groups is 2. The highest BCUT2D eigenvalue weighted by molar-refractivity contribution is 5.96. The number of rotatable bonds is 13. The Bertz CT molecular complexity index is 2370. The van der Waals surface area contributed by atoms with Crippen LogP contribution in [0.5, 0.6) is 0 Å². The van der Waals surface area contributed by atoms with Crippen molar-refractivity contribution in [3.63, 3.8) is 0 Å². The summed E-state index contributed by atoms with van der Waals surface area (Å²) in [5, 5.41) is 9.57. The average Bonchev–Trinajstić information content (AvgIpc) is 3.62. The summed E-state index contributed by atoms with van der Waals surface area (Å²) in [7, 11) is 1.30. The van der Waals surface area contributed by atoms with Gasteiger partial charge >= 0.3 is 5.97 Å². The molecule has 0 aliphatic carbocycles. The zero-order valence-corrected chi connectivity index (χ0v) is 30.3. The van der Waals surface area contributed by atoms with Gasteiger partial charge < -0.3 is 30.6 Å². The van der Waals surface area contributed by atoms with Crippen LogP contribution in [-0.4, -0.2) is 98.2 Å². The Kier molecular flexibility index (Phi) is 11.3. The van der Waals surface area contributed by atoms with Crippen LogP contribution in [0.3, 0.4) is 0 Å². The number of hydrogen-bond acceptors (Lipinski definition) is 13. The van der Waals surface area contributed by atoms with Gasteiger partial charge in [-0.05, 0) is 41.0 Å². The van der Waals surface area contributed by atoms with Crippen LogP contribution in [0.25, 0.3) is 4.85 Å². The number of nitrogens with zero attached hydrogens (tertiary/aromatic N) is 8. The van der Waals surface area contributed by atoms with Gasteiger partial charge in [-0.3, -0.25) is 19.5 Å². The lowest BCUT2D eigenvalue weighted by molar-refractivity contribution is -0.141. The Balaban J connectivity index is 1.06. The number of piperazine rings is 1. The van der Waals surface area contributed by atoms with Crippen molar-refractivity contribution in [1.29, 1.82) is 0 Å². The van der Waals surface area contributed by atoms with Gasteiger partial charge in [0.25, 0.3) is 11.5 Å². The molecule has 3 aromatic carbocycles. The number of benzene rings is 3. The summed E-state index contributed by atoms with van der Waals surface area (Å²) in [6.07, 6.45) is 3.57. The Morgan fingerprint density at radius 1 is 0.982 bits per heavy atom. The van der Waals surface area contributed by atoms with E-state index in [1.54, 1.807) is 35.2 Å². The summed E-state index contributed by atoms with van der Waals surface area (Å²) >= 11 is 0. The number of aromatic nitrogens is 5. The van der Waals surface area contributed by atoms with E-state index in [-0.39, 0.29) is 48.2 Å². The lowest BCUT2D eigenvalue weighted by Crippen LogP contribution is -2.49. The molecule has 56 heavy (non-hydrogen) atoms. The summed E-state index contributed by atoms with van der Waals surface area (Å²) in [6.45, 7) is 10.3. The number of methoxy groups -OCH3 is 1. The number of carbonyl (C=O) groups excluding carboxylic acids is 2. The van der Waals surface area contributed by atoms with E-state index in [2.05, 4.69) is 55.6 Å². The van der Waals surface area contributed by atoms with E-state index in [4.69, 9.17) is 11.3 Å². The maximum atomic E-state index is 13.8. The van der Waals surface area contributed by atoms with Crippen molar-refractivity contribution in [1.82, 2.24) is 34.7 Å². The van der Waals surface area contributed by atoms with Crippen molar-refractivity contribution in [3.05, 3.63) is 129 Å². The van der Waals surface area contributed by atoms with Crippen LogP contribution < -0.4 is 21.5 Å². The molecule has 7 rings (SSSR count). The molecule has 4 heterocycles. The minimum Gasteiger partial charge on any atom is -0.467 e. The smallest absolute Gasteiger partial charge is 0.328 e. The van der Waals surface area contributed by atoms with Gasteiger partial charge in [-0.1, -0.05) is 42.5 Å². The molecule has 0 bridgehead atoms. The molecule has 2 aromatic heterocycles. The second-order valence-electron chi connectivity index (χ2n) is 13.2. The second-order valence-corrected chi connectivity index (χ2v) is 13.2. The van der Waals surface area contributed by atoms with Crippen LogP contribution in [0.15, 0.2) is 88.9 Å². The fourth-order valence-corrected chi connectivity index (χ4v) is 6.41. The van der Waals surface area contributed by atoms with E-state index in [0.29, 0.717) is 56.2 Å². The molecule has 0 unspecified atom stereocenters. The van der Waals surface area contributed by atoms with Crippen LogP contribution in [0.1, 0.15) is 27.2 Å². The Hall–Kier alpha value is -7.06. The normalized spacial score (nSPS) is 14.2. The lowest BCUT2D eigenvalue weighted by atomic mass is 10.1. The molecule has 1 atom stereocenters. The standard InChI is InChI=1S/C39H37FN12O4/c1-41-28-10-6-24(7-11-28)19-32(36(55)56-2)47-39-49-37(44-22-30-20-26-8-9-27(40)21-31(26)45-30)48-38(50-39)46-29-5-3-4-25(18-29)23-51-14-16-52(17-15-51)35(54)33-34(53)43-13-12-42-33/h3-13,18,21,32H,14-17,19-20,22-23H2,2H3,(H,43,53)(H3,44,46,47,48,49,50)/t32-/m0/s1. The lowest BCUT2D eigenvalue weighted by Gasteiger charge is -2.34. The Morgan fingerprint density at radius 2 is 1.77 bits per heavy atom. The van der Waals surface area contributed by atoms with Gasteiger partial charge in [0.2, 0.25) is 17.8 Å². The summed E-state index contributed by atoms with van der Waals surface area (Å²) in [5.41, 5.74) is 4.66. The van der Waals surface area contributed by atoms with Gasteiger partial charge in [-0.25, -0.2) is 19.0 Å². The molecular weight excluding hydrogens is 720 g/mol. The molecule has 0 spiro atoms. The van der Waals surface area contributed by atoms with Crippen molar-refractivity contribution < 1.29 is 18.7 Å². The Labute approximate surface area is 320 Å². The molecule has 1 amide bonds. The molecule has 2 aliphatic rings. The maximum absolute atomic E-state index is 13.8. The third kappa shape index (κ3) is 9.17. The largest absolute Gasteiger partial charge is 0.467 e. The van der Waals surface area contributed by atoms with Gasteiger partial charge in [0.05, 0.1) is 25.9 Å². The number of H-pyrrole nitrogens is 1. The molecule has 0 radical (unpaired) electrons. The highest BCUT2D eigenvalue weighted by Gasteiger charge is 2.25. The van der Waals surface area contributed by atoms with Gasteiger partial charge in [-0.2, -0.15) is 15.0 Å². The number of fused-ring (bicyclic) bond motifs is 1. The average molecular weight is 757 g/mol. The molecule has 2 aliphatic heterocycles. The number of nitrogens with one attached hydrogen (secondary N) is 4. The quantitative estimate of drug-likeness (QED) is 0.0989. The SMILES string of the molecule is [C-]#[N+]c1ccc(C[C@H](Nc2nc(NCC3=Nc4cc(F)ccc4C3)nc(Nc3cccc(CN4CCN(C(=O)c5ncc[nH]c5=O)CC4)c3)n2)C(=O)OC)cc1. The molecule has 4 N–H and O–H groups in total. The summed E-state index contributed by atoms with van der Waals surface area (Å²) in [6, 6.07) is 18.4. The number of aliphatic imine (C=N–C) groups is 1. The minimum atomic E-state index is -0.866. The van der Waals surface area contributed by atoms with Gasteiger partial charge in [0.1, 0.15) is 11.9 Å². The number of halogens is 1. The predicted octanol–water partition coefficient (Wildman–Crippen LogP) is 4.28. The van der Waals surface area contributed by atoms with Crippen LogP contribution in [0.2, 0.25) is 0 Å². The molecule has 16 nitrogen and oxygen atoms in total.